The molecule has 0 aliphatic heterocycles. The van der Waals surface area contributed by atoms with Gasteiger partial charge >= 0.3 is 17.9 Å². The van der Waals surface area contributed by atoms with Crippen molar-refractivity contribution in [1.82, 2.24) is 5.32 Å². The molecule has 0 spiro atoms. The summed E-state index contributed by atoms with van der Waals surface area (Å²) in [5, 5.41) is 19.6. The van der Waals surface area contributed by atoms with Crippen LogP contribution in [0.25, 0.3) is 6.08 Å². The number of carboxylic acids is 2. The number of hydrogen-bond donors (Lipinski definition) is 3. The molecule has 0 aliphatic carbocycles. The summed E-state index contributed by atoms with van der Waals surface area (Å²) >= 11 is 0. The molecule has 0 fully saturated rings. The Balaban J connectivity index is 2.18. The molecular formula is C22H19NO8. The lowest BCUT2D eigenvalue weighted by Gasteiger charge is -2.17. The van der Waals surface area contributed by atoms with Gasteiger partial charge in [0.05, 0.1) is 12.0 Å². The van der Waals surface area contributed by atoms with Crippen molar-refractivity contribution < 1.29 is 38.9 Å². The molecule has 9 heteroatoms. The molecule has 1 unspecified atom stereocenters. The Kier molecular flexibility index (Phi) is 8.21. The van der Waals surface area contributed by atoms with E-state index in [1.165, 1.54) is 42.5 Å². The number of carbonyl (C=O) groups is 5. The Hall–Kier alpha value is -4.27. The van der Waals surface area contributed by atoms with Gasteiger partial charge in [-0.1, -0.05) is 42.5 Å². The molecule has 160 valence electrons. The van der Waals surface area contributed by atoms with E-state index in [0.29, 0.717) is 5.56 Å². The average molecular weight is 425 g/mol. The van der Waals surface area contributed by atoms with Crippen molar-refractivity contribution in [3.63, 3.8) is 0 Å². The van der Waals surface area contributed by atoms with E-state index in [-0.39, 0.29) is 24.1 Å². The number of nitrogens with one attached hydrogen (secondary N) is 1. The van der Waals surface area contributed by atoms with Crippen molar-refractivity contribution in [3.05, 3.63) is 77.4 Å². The number of ketones is 1. The monoisotopic (exact) mass is 425 g/mol. The Morgan fingerprint density at radius 3 is 2.13 bits per heavy atom. The molecule has 0 bridgehead atoms. The standard InChI is InChI=1S/C22H19NO8/c24-17(25)11-8-14-6-9-16(10-7-14)22(30)31-20(21(29)23-13-12-18(26)27)19(28)15-4-2-1-3-5-15/h1-11,20H,12-13H2,(H,23,29)(H,24,25)(H,26,27)/b11-8+. The van der Waals surface area contributed by atoms with Gasteiger partial charge in [-0.15, -0.1) is 0 Å². The molecule has 0 aromatic heterocycles. The first kappa shape index (κ1) is 23.0. The first-order valence-electron chi connectivity index (χ1n) is 9.08. The molecule has 2 aromatic carbocycles. The summed E-state index contributed by atoms with van der Waals surface area (Å²) in [7, 11) is 0. The second-order valence-electron chi connectivity index (χ2n) is 6.24. The Labute approximate surface area is 177 Å². The quantitative estimate of drug-likeness (QED) is 0.226. The second-order valence-corrected chi connectivity index (χ2v) is 6.24. The molecule has 9 nitrogen and oxygen atoms in total. The van der Waals surface area contributed by atoms with Crippen molar-refractivity contribution in [1.29, 1.82) is 0 Å². The van der Waals surface area contributed by atoms with E-state index in [9.17, 15) is 24.0 Å². The average Bonchev–Trinajstić information content (AvgIpc) is 2.76. The zero-order valence-electron chi connectivity index (χ0n) is 16.2. The lowest BCUT2D eigenvalue weighted by Crippen LogP contribution is -2.43. The molecule has 0 radical (unpaired) electrons. The fourth-order valence-electron chi connectivity index (χ4n) is 2.44. The van der Waals surface area contributed by atoms with Gasteiger partial charge in [-0.25, -0.2) is 9.59 Å². The number of Topliss-reactive ketones (excluding diaryl/α,β-unsaturated/α-hetero) is 1. The molecular weight excluding hydrogens is 406 g/mol. The van der Waals surface area contributed by atoms with Crippen LogP contribution in [0.15, 0.2) is 60.7 Å². The van der Waals surface area contributed by atoms with Crippen LogP contribution in [0.5, 0.6) is 0 Å². The highest BCUT2D eigenvalue weighted by molar-refractivity contribution is 6.14. The van der Waals surface area contributed by atoms with Crippen LogP contribution in [0.3, 0.4) is 0 Å². The van der Waals surface area contributed by atoms with Crippen LogP contribution in [0.2, 0.25) is 0 Å². The number of rotatable bonds is 10. The van der Waals surface area contributed by atoms with Crippen LogP contribution in [0.1, 0.15) is 32.7 Å². The summed E-state index contributed by atoms with van der Waals surface area (Å²) in [5.41, 5.74) is 0.696. The van der Waals surface area contributed by atoms with Crippen molar-refractivity contribution in [3.8, 4) is 0 Å². The van der Waals surface area contributed by atoms with Gasteiger partial charge in [-0.3, -0.25) is 14.4 Å². The molecule has 2 rings (SSSR count). The molecule has 0 aliphatic rings. The summed E-state index contributed by atoms with van der Waals surface area (Å²) < 4.78 is 5.15. The smallest absolute Gasteiger partial charge is 0.339 e. The van der Waals surface area contributed by atoms with Crippen molar-refractivity contribution >= 4 is 35.7 Å². The minimum absolute atomic E-state index is 0.0386. The number of aliphatic carboxylic acids is 2. The number of hydrogen-bond acceptors (Lipinski definition) is 6. The maximum Gasteiger partial charge on any atom is 0.339 e. The predicted octanol–water partition coefficient (Wildman–Crippen LogP) is 1.78. The fourth-order valence-corrected chi connectivity index (χ4v) is 2.44. The number of amides is 1. The number of esters is 1. The van der Waals surface area contributed by atoms with Crippen molar-refractivity contribution in [2.24, 2.45) is 0 Å². The number of ether oxygens (including phenoxy) is 1. The molecule has 3 N–H and O–H groups in total. The Morgan fingerprint density at radius 2 is 1.55 bits per heavy atom. The third-order valence-corrected chi connectivity index (χ3v) is 3.96. The zero-order chi connectivity index (χ0) is 22.8. The maximum absolute atomic E-state index is 12.7. The maximum atomic E-state index is 12.7. The SMILES string of the molecule is O=C(O)/C=C/c1ccc(C(=O)OC(C(=O)NCCC(=O)O)C(=O)c2ccccc2)cc1. The largest absolute Gasteiger partial charge is 0.481 e. The van der Waals surface area contributed by atoms with Gasteiger partial charge in [-0.2, -0.15) is 0 Å². The van der Waals surface area contributed by atoms with Crippen LogP contribution in [-0.2, 0) is 19.1 Å². The van der Waals surface area contributed by atoms with E-state index in [4.69, 9.17) is 14.9 Å². The summed E-state index contributed by atoms with van der Waals surface area (Å²) in [6, 6.07) is 13.4. The molecule has 0 saturated carbocycles. The lowest BCUT2D eigenvalue weighted by atomic mass is 10.1. The summed E-state index contributed by atoms with van der Waals surface area (Å²) in [6.45, 7) is -0.241. The van der Waals surface area contributed by atoms with E-state index in [1.54, 1.807) is 18.2 Å². The predicted molar refractivity (Wildman–Crippen MR) is 108 cm³/mol. The fraction of sp³-hybridized carbons (Fsp3) is 0.136. The third-order valence-electron chi connectivity index (χ3n) is 3.96. The molecule has 0 heterocycles. The first-order valence-corrected chi connectivity index (χ1v) is 9.08. The summed E-state index contributed by atoms with van der Waals surface area (Å²) in [5.74, 6) is -4.91. The minimum Gasteiger partial charge on any atom is -0.481 e. The normalized spacial score (nSPS) is 11.5. The van der Waals surface area contributed by atoms with Gasteiger partial charge in [0, 0.05) is 18.2 Å². The van der Waals surface area contributed by atoms with Crippen molar-refractivity contribution in [2.75, 3.05) is 6.54 Å². The van der Waals surface area contributed by atoms with Crippen molar-refractivity contribution in [2.45, 2.75) is 12.5 Å². The summed E-state index contributed by atoms with van der Waals surface area (Å²) in [6.07, 6.45) is 0.0886. The summed E-state index contributed by atoms with van der Waals surface area (Å²) in [4.78, 5) is 58.9. The third kappa shape index (κ3) is 7.24. The van der Waals surface area contributed by atoms with Gasteiger partial charge in [0.1, 0.15) is 0 Å². The topological polar surface area (TPSA) is 147 Å². The molecule has 0 saturated heterocycles. The Bertz CT molecular complexity index is 996. The molecule has 1 atom stereocenters. The van der Waals surface area contributed by atoms with Gasteiger partial charge in [0.25, 0.3) is 5.91 Å². The van der Waals surface area contributed by atoms with E-state index < -0.39 is 35.7 Å². The van der Waals surface area contributed by atoms with Crippen LogP contribution in [-0.4, -0.2) is 52.5 Å². The van der Waals surface area contributed by atoms with E-state index >= 15 is 0 Å². The van der Waals surface area contributed by atoms with Crippen LogP contribution >= 0.6 is 0 Å². The van der Waals surface area contributed by atoms with E-state index in [1.807, 2.05) is 0 Å². The zero-order valence-corrected chi connectivity index (χ0v) is 16.2. The van der Waals surface area contributed by atoms with Gasteiger partial charge < -0.3 is 20.3 Å². The number of carboxylic acid groups (broad SMARTS) is 2. The number of benzene rings is 2. The number of carbonyl (C=O) groups excluding carboxylic acids is 3. The van der Waals surface area contributed by atoms with E-state index in [0.717, 1.165) is 6.08 Å². The highest BCUT2D eigenvalue weighted by Crippen LogP contribution is 2.12. The minimum atomic E-state index is -1.81. The highest BCUT2D eigenvalue weighted by atomic mass is 16.6. The Morgan fingerprint density at radius 1 is 0.903 bits per heavy atom. The molecule has 31 heavy (non-hydrogen) atoms. The first-order chi connectivity index (χ1) is 14.8. The van der Waals surface area contributed by atoms with Gasteiger partial charge in [-0.05, 0) is 23.8 Å². The molecule has 2 aromatic rings. The van der Waals surface area contributed by atoms with E-state index in [2.05, 4.69) is 5.32 Å². The van der Waals surface area contributed by atoms with Crippen LogP contribution in [0.4, 0.5) is 0 Å². The van der Waals surface area contributed by atoms with Gasteiger partial charge in [0.15, 0.2) is 0 Å². The lowest BCUT2D eigenvalue weighted by molar-refractivity contribution is -0.137. The van der Waals surface area contributed by atoms with Crippen LogP contribution in [0, 0.1) is 0 Å². The molecule has 1 amide bonds. The van der Waals surface area contributed by atoms with Gasteiger partial charge in [0.2, 0.25) is 11.9 Å². The van der Waals surface area contributed by atoms with Crippen LogP contribution < -0.4 is 5.32 Å². The second kappa shape index (κ2) is 11.1. The highest BCUT2D eigenvalue weighted by Gasteiger charge is 2.31.